The van der Waals surface area contributed by atoms with Gasteiger partial charge in [-0.1, -0.05) is 64.4 Å². The third-order valence-corrected chi connectivity index (χ3v) is 6.43. The van der Waals surface area contributed by atoms with Crippen LogP contribution in [0.15, 0.2) is 72.8 Å². The van der Waals surface area contributed by atoms with E-state index in [1.54, 1.807) is 11.3 Å². The van der Waals surface area contributed by atoms with E-state index < -0.39 is 0 Å². The number of hydrogen-bond donors (Lipinski definition) is 2. The van der Waals surface area contributed by atoms with Gasteiger partial charge in [0.15, 0.2) is 5.11 Å². The predicted molar refractivity (Wildman–Crippen MR) is 144 cm³/mol. The van der Waals surface area contributed by atoms with Gasteiger partial charge in [0.25, 0.3) is 0 Å². The maximum absolute atomic E-state index is 5.79. The molecule has 4 aromatic rings. The molecule has 3 aromatic carbocycles. The van der Waals surface area contributed by atoms with Crippen molar-refractivity contribution in [2.24, 2.45) is 0 Å². The van der Waals surface area contributed by atoms with Gasteiger partial charge < -0.3 is 15.5 Å². The Bertz CT molecular complexity index is 1200. The number of nitrogens with one attached hydrogen (secondary N) is 2. The van der Waals surface area contributed by atoms with Gasteiger partial charge in [-0.3, -0.25) is 0 Å². The Morgan fingerprint density at radius 2 is 1.33 bits per heavy atom. The van der Waals surface area contributed by atoms with Crippen LogP contribution in [0.5, 0.6) is 0 Å². The molecule has 0 aliphatic heterocycles. The maximum atomic E-state index is 5.79. The van der Waals surface area contributed by atoms with E-state index in [4.69, 9.17) is 12.2 Å². The molecule has 0 radical (unpaired) electrons. The molecule has 168 valence electrons. The van der Waals surface area contributed by atoms with E-state index in [1.807, 2.05) is 24.3 Å². The van der Waals surface area contributed by atoms with Crippen LogP contribution in [0.25, 0.3) is 0 Å². The second-order valence-electron chi connectivity index (χ2n) is 8.03. The van der Waals surface area contributed by atoms with Crippen molar-refractivity contribution in [3.05, 3.63) is 94.5 Å². The summed E-state index contributed by atoms with van der Waals surface area (Å²) in [5.74, 6) is 0. The topological polar surface area (TPSA) is 53.1 Å². The molecule has 0 aliphatic carbocycles. The number of aromatic nitrogens is 2. The van der Waals surface area contributed by atoms with Crippen molar-refractivity contribution in [1.29, 1.82) is 0 Å². The standard InChI is InChI=1S/C26H27N5S2/c1-18-4-10-21(11-5-18)27-25-30-29-24(33-25)16-17-31(23-14-8-20(3)9-15-23)26(32)28-22-12-6-19(2)7-13-22/h4-15H,16-17H2,1-3H3,(H,27,30)(H,28,32). The van der Waals surface area contributed by atoms with Crippen molar-refractivity contribution in [1.82, 2.24) is 10.2 Å². The molecule has 33 heavy (non-hydrogen) atoms. The van der Waals surface area contributed by atoms with E-state index in [1.165, 1.54) is 16.7 Å². The van der Waals surface area contributed by atoms with Crippen LogP contribution >= 0.6 is 23.6 Å². The SMILES string of the molecule is Cc1ccc(NC(=S)N(CCc2nnc(Nc3ccc(C)cc3)s2)c2ccc(C)cc2)cc1. The minimum absolute atomic E-state index is 0.658. The van der Waals surface area contributed by atoms with Crippen LogP contribution < -0.4 is 15.5 Å². The molecule has 0 unspecified atom stereocenters. The van der Waals surface area contributed by atoms with Gasteiger partial charge >= 0.3 is 0 Å². The Labute approximate surface area is 204 Å². The molecule has 0 saturated carbocycles. The minimum atomic E-state index is 0.658. The second-order valence-corrected chi connectivity index (χ2v) is 9.47. The van der Waals surface area contributed by atoms with Crippen molar-refractivity contribution in [2.75, 3.05) is 22.1 Å². The average molecular weight is 474 g/mol. The third kappa shape index (κ3) is 6.37. The van der Waals surface area contributed by atoms with Crippen LogP contribution in [-0.2, 0) is 6.42 Å². The lowest BCUT2D eigenvalue weighted by Gasteiger charge is -2.26. The number of nitrogens with zero attached hydrogens (tertiary/aromatic N) is 3. The molecule has 0 fully saturated rings. The fraction of sp³-hybridized carbons (Fsp3) is 0.192. The van der Waals surface area contributed by atoms with Crippen LogP contribution in [0.2, 0.25) is 0 Å². The van der Waals surface area contributed by atoms with Gasteiger partial charge in [-0.2, -0.15) is 0 Å². The lowest BCUT2D eigenvalue weighted by atomic mass is 10.2. The lowest BCUT2D eigenvalue weighted by Crippen LogP contribution is -2.36. The Morgan fingerprint density at radius 3 is 1.94 bits per heavy atom. The van der Waals surface area contributed by atoms with E-state index in [0.29, 0.717) is 11.7 Å². The summed E-state index contributed by atoms with van der Waals surface area (Å²) in [5.41, 5.74) is 6.69. The third-order valence-electron chi connectivity index (χ3n) is 5.21. The first-order valence-corrected chi connectivity index (χ1v) is 12.1. The number of hydrogen-bond acceptors (Lipinski definition) is 5. The average Bonchev–Trinajstić information content (AvgIpc) is 3.25. The molecule has 1 heterocycles. The number of anilines is 4. The maximum Gasteiger partial charge on any atom is 0.210 e. The van der Waals surface area contributed by atoms with E-state index in [2.05, 4.69) is 95.0 Å². The van der Waals surface area contributed by atoms with Gasteiger partial charge in [-0.05, 0) is 69.4 Å². The first kappa shape index (κ1) is 22.9. The summed E-state index contributed by atoms with van der Waals surface area (Å²) in [6.45, 7) is 6.93. The molecule has 0 amide bonds. The first-order chi connectivity index (χ1) is 16.0. The molecule has 0 spiro atoms. The van der Waals surface area contributed by atoms with E-state index in [9.17, 15) is 0 Å². The lowest BCUT2D eigenvalue weighted by molar-refractivity contribution is 0.896. The highest BCUT2D eigenvalue weighted by Crippen LogP contribution is 2.23. The zero-order valence-electron chi connectivity index (χ0n) is 19.0. The Hall–Kier alpha value is -3.29. The van der Waals surface area contributed by atoms with E-state index in [-0.39, 0.29) is 0 Å². The summed E-state index contributed by atoms with van der Waals surface area (Å²) in [6.07, 6.45) is 0.733. The van der Waals surface area contributed by atoms with Gasteiger partial charge in [0, 0.05) is 30.0 Å². The molecule has 1 aromatic heterocycles. The van der Waals surface area contributed by atoms with Crippen LogP contribution in [0.3, 0.4) is 0 Å². The monoisotopic (exact) mass is 473 g/mol. The van der Waals surface area contributed by atoms with Gasteiger partial charge in [0.05, 0.1) is 0 Å². The highest BCUT2D eigenvalue weighted by atomic mass is 32.1. The molecule has 0 aliphatic rings. The largest absolute Gasteiger partial charge is 0.332 e. The smallest absolute Gasteiger partial charge is 0.210 e. The van der Waals surface area contributed by atoms with Gasteiger partial charge in [0.2, 0.25) is 5.13 Å². The van der Waals surface area contributed by atoms with Gasteiger partial charge in [-0.25, -0.2) is 0 Å². The molecule has 5 nitrogen and oxygen atoms in total. The fourth-order valence-corrected chi connectivity index (χ4v) is 4.34. The molecule has 0 bridgehead atoms. The van der Waals surface area contributed by atoms with Crippen molar-refractivity contribution in [3.8, 4) is 0 Å². The molecule has 4 rings (SSSR count). The van der Waals surface area contributed by atoms with Crippen LogP contribution in [0, 0.1) is 20.8 Å². The molecule has 7 heteroatoms. The summed E-state index contributed by atoms with van der Waals surface area (Å²) in [7, 11) is 0. The highest BCUT2D eigenvalue weighted by Gasteiger charge is 2.14. The number of benzene rings is 3. The van der Waals surface area contributed by atoms with Crippen molar-refractivity contribution in [2.45, 2.75) is 27.2 Å². The van der Waals surface area contributed by atoms with Gasteiger partial charge in [0.1, 0.15) is 5.01 Å². The number of rotatable bonds is 7. The van der Waals surface area contributed by atoms with E-state index in [0.717, 1.165) is 33.6 Å². The first-order valence-electron chi connectivity index (χ1n) is 10.8. The molecule has 0 atom stereocenters. The molecule has 2 N–H and O–H groups in total. The molecule has 0 saturated heterocycles. The Balaban J connectivity index is 1.45. The van der Waals surface area contributed by atoms with Crippen LogP contribution in [-0.4, -0.2) is 21.9 Å². The van der Waals surface area contributed by atoms with Gasteiger partial charge in [-0.15, -0.1) is 10.2 Å². The number of thiocarbonyl (C=S) groups is 1. The van der Waals surface area contributed by atoms with Crippen molar-refractivity contribution in [3.63, 3.8) is 0 Å². The van der Waals surface area contributed by atoms with Crippen LogP contribution in [0.1, 0.15) is 21.7 Å². The Morgan fingerprint density at radius 1 is 0.788 bits per heavy atom. The quantitative estimate of drug-likeness (QED) is 0.293. The summed E-state index contributed by atoms with van der Waals surface area (Å²) in [6, 6.07) is 24.9. The minimum Gasteiger partial charge on any atom is -0.332 e. The predicted octanol–water partition coefficient (Wildman–Crippen LogP) is 6.65. The summed E-state index contributed by atoms with van der Waals surface area (Å²) in [5, 5.41) is 17.8. The summed E-state index contributed by atoms with van der Waals surface area (Å²) < 4.78 is 0. The number of aryl methyl sites for hydroxylation is 3. The van der Waals surface area contributed by atoms with Crippen molar-refractivity contribution < 1.29 is 0 Å². The summed E-state index contributed by atoms with van der Waals surface area (Å²) >= 11 is 7.36. The fourth-order valence-electron chi connectivity index (χ4n) is 3.27. The normalized spacial score (nSPS) is 10.6. The summed E-state index contributed by atoms with van der Waals surface area (Å²) in [4.78, 5) is 2.11. The molecular formula is C26H27N5S2. The van der Waals surface area contributed by atoms with Crippen molar-refractivity contribution >= 4 is 50.9 Å². The van der Waals surface area contributed by atoms with Crippen LogP contribution in [0.4, 0.5) is 22.2 Å². The second kappa shape index (κ2) is 10.6. The zero-order valence-corrected chi connectivity index (χ0v) is 20.6. The Kier molecular flexibility index (Phi) is 7.32. The zero-order chi connectivity index (χ0) is 23.2. The molecular weight excluding hydrogens is 446 g/mol. The highest BCUT2D eigenvalue weighted by molar-refractivity contribution is 7.80. The van der Waals surface area contributed by atoms with E-state index >= 15 is 0 Å².